The summed E-state index contributed by atoms with van der Waals surface area (Å²) in [6.07, 6.45) is 2.01. The summed E-state index contributed by atoms with van der Waals surface area (Å²) in [6.45, 7) is 3.79. The fourth-order valence-corrected chi connectivity index (χ4v) is 2.80. The van der Waals surface area contributed by atoms with Crippen molar-refractivity contribution in [3.8, 4) is 22.8 Å². The van der Waals surface area contributed by atoms with Crippen LogP contribution in [0.1, 0.15) is 25.1 Å². The van der Waals surface area contributed by atoms with Gasteiger partial charge in [-0.05, 0) is 49.7 Å². The van der Waals surface area contributed by atoms with E-state index in [9.17, 15) is 4.39 Å². The van der Waals surface area contributed by atoms with Crippen molar-refractivity contribution in [1.29, 1.82) is 0 Å². The Kier molecular flexibility index (Phi) is 5.54. The molecule has 2 N–H and O–H groups in total. The first-order valence-corrected chi connectivity index (χ1v) is 8.66. The molecule has 0 saturated carbocycles. The first kappa shape index (κ1) is 18.6. The van der Waals surface area contributed by atoms with Gasteiger partial charge in [0.2, 0.25) is 0 Å². The van der Waals surface area contributed by atoms with Gasteiger partial charge in [0.25, 0.3) is 0 Å². The van der Waals surface area contributed by atoms with Gasteiger partial charge in [0.1, 0.15) is 23.6 Å². The van der Waals surface area contributed by atoms with Crippen LogP contribution >= 0.6 is 0 Å². The van der Waals surface area contributed by atoms with Gasteiger partial charge in [-0.2, -0.15) is 0 Å². The highest BCUT2D eigenvalue weighted by Gasteiger charge is 2.12. The van der Waals surface area contributed by atoms with Crippen LogP contribution in [0.2, 0.25) is 0 Å². The van der Waals surface area contributed by atoms with Gasteiger partial charge in [0.05, 0.1) is 24.6 Å². The van der Waals surface area contributed by atoms with Crippen LogP contribution in [-0.2, 0) is 6.42 Å². The molecule has 0 aliphatic heterocycles. The number of halogens is 1. The Morgan fingerprint density at radius 1 is 1.04 bits per heavy atom. The number of hydrogen-bond acceptors (Lipinski definition) is 5. The maximum absolute atomic E-state index is 13.6. The van der Waals surface area contributed by atoms with Crippen LogP contribution in [0.25, 0.3) is 11.3 Å². The molecule has 0 unspecified atom stereocenters. The summed E-state index contributed by atoms with van der Waals surface area (Å²) < 4.78 is 24.6. The van der Waals surface area contributed by atoms with Crippen LogP contribution in [0.4, 0.5) is 10.1 Å². The lowest BCUT2D eigenvalue weighted by atomic mass is 10.1. The van der Waals surface area contributed by atoms with E-state index in [-0.39, 0.29) is 11.9 Å². The van der Waals surface area contributed by atoms with Crippen molar-refractivity contribution in [2.24, 2.45) is 0 Å². The Bertz CT molecular complexity index is 944. The number of aromatic nitrogens is 2. The monoisotopic (exact) mass is 367 g/mol. The van der Waals surface area contributed by atoms with Crippen molar-refractivity contribution in [3.05, 3.63) is 65.9 Å². The summed E-state index contributed by atoms with van der Waals surface area (Å²) in [4.78, 5) is 8.68. The molecule has 0 amide bonds. The number of benzene rings is 2. The van der Waals surface area contributed by atoms with Crippen LogP contribution in [-0.4, -0.2) is 23.2 Å². The van der Waals surface area contributed by atoms with Gasteiger partial charge in [-0.1, -0.05) is 6.07 Å². The molecule has 140 valence electrons. The molecule has 0 saturated heterocycles. The number of anilines is 1. The average molecular weight is 367 g/mol. The largest absolute Gasteiger partial charge is 0.495 e. The van der Waals surface area contributed by atoms with Gasteiger partial charge < -0.3 is 15.2 Å². The Morgan fingerprint density at radius 2 is 1.85 bits per heavy atom. The van der Waals surface area contributed by atoms with Gasteiger partial charge in [0.15, 0.2) is 0 Å². The van der Waals surface area contributed by atoms with E-state index < -0.39 is 0 Å². The Morgan fingerprint density at radius 3 is 2.56 bits per heavy atom. The van der Waals surface area contributed by atoms with E-state index in [1.54, 1.807) is 13.2 Å². The molecule has 0 spiro atoms. The zero-order chi connectivity index (χ0) is 19.4. The van der Waals surface area contributed by atoms with E-state index in [1.807, 2.05) is 38.1 Å². The number of rotatable bonds is 6. The van der Waals surface area contributed by atoms with Gasteiger partial charge in [-0.25, -0.2) is 14.4 Å². The highest BCUT2D eigenvalue weighted by molar-refractivity contribution is 5.67. The van der Waals surface area contributed by atoms with E-state index in [4.69, 9.17) is 15.2 Å². The summed E-state index contributed by atoms with van der Waals surface area (Å²) in [5.74, 6) is 0.754. The Hall–Kier alpha value is -3.15. The molecule has 0 atom stereocenters. The number of nitrogen functional groups attached to an aromatic ring is 1. The molecule has 0 aliphatic rings. The lowest BCUT2D eigenvalue weighted by molar-refractivity contribution is 0.242. The van der Waals surface area contributed by atoms with Crippen LogP contribution < -0.4 is 15.2 Å². The molecule has 0 fully saturated rings. The molecule has 0 bridgehead atoms. The Balaban J connectivity index is 1.91. The molecule has 1 aromatic heterocycles. The van der Waals surface area contributed by atoms with E-state index in [0.29, 0.717) is 29.3 Å². The first-order valence-electron chi connectivity index (χ1n) is 8.66. The lowest BCUT2D eigenvalue weighted by Gasteiger charge is -2.14. The molecular weight excluding hydrogens is 345 g/mol. The topological polar surface area (TPSA) is 70.3 Å². The average Bonchev–Trinajstić information content (AvgIpc) is 2.62. The van der Waals surface area contributed by atoms with E-state index in [2.05, 4.69) is 9.97 Å². The van der Waals surface area contributed by atoms with Crippen LogP contribution in [0, 0.1) is 5.82 Å². The standard InChI is InChI=1S/C21H22FN3O2/c1-13(2)27-21-10-15(22)5-6-17(21)19-11-16(24-12-25-19)8-14-4-7-20(26-3)18(23)9-14/h4-7,9-13H,8,23H2,1-3H3. The molecule has 0 aliphatic carbocycles. The summed E-state index contributed by atoms with van der Waals surface area (Å²) in [6, 6.07) is 12.0. The predicted octanol–water partition coefficient (Wildman–Crippen LogP) is 4.25. The Labute approximate surface area is 158 Å². The minimum Gasteiger partial charge on any atom is -0.495 e. The predicted molar refractivity (Wildman–Crippen MR) is 103 cm³/mol. The summed E-state index contributed by atoms with van der Waals surface area (Å²) >= 11 is 0. The SMILES string of the molecule is COc1ccc(Cc2cc(-c3ccc(F)cc3OC(C)C)ncn2)cc1N. The molecule has 0 radical (unpaired) electrons. The molecule has 6 heteroatoms. The summed E-state index contributed by atoms with van der Waals surface area (Å²) in [5.41, 5.74) is 9.79. The van der Waals surface area contributed by atoms with Gasteiger partial charge >= 0.3 is 0 Å². The number of nitrogens with zero attached hydrogens (tertiary/aromatic N) is 2. The molecular formula is C21H22FN3O2. The van der Waals surface area contributed by atoms with Crippen molar-refractivity contribution < 1.29 is 13.9 Å². The maximum Gasteiger partial charge on any atom is 0.141 e. The van der Waals surface area contributed by atoms with Crippen molar-refractivity contribution in [2.75, 3.05) is 12.8 Å². The normalized spacial score (nSPS) is 10.9. The van der Waals surface area contributed by atoms with Gasteiger partial charge in [-0.3, -0.25) is 0 Å². The van der Waals surface area contributed by atoms with Gasteiger partial charge in [0, 0.05) is 23.7 Å². The number of nitrogens with two attached hydrogens (primary N) is 1. The zero-order valence-electron chi connectivity index (χ0n) is 15.6. The molecule has 27 heavy (non-hydrogen) atoms. The fourth-order valence-electron chi connectivity index (χ4n) is 2.80. The minimum atomic E-state index is -0.350. The highest BCUT2D eigenvalue weighted by atomic mass is 19.1. The van der Waals surface area contributed by atoms with Crippen molar-refractivity contribution in [2.45, 2.75) is 26.4 Å². The minimum absolute atomic E-state index is 0.0749. The smallest absolute Gasteiger partial charge is 0.141 e. The molecule has 1 heterocycles. The van der Waals surface area contributed by atoms with Crippen LogP contribution in [0.3, 0.4) is 0 Å². The van der Waals surface area contributed by atoms with Crippen LogP contribution in [0.15, 0.2) is 48.8 Å². The van der Waals surface area contributed by atoms with E-state index >= 15 is 0 Å². The third-order valence-corrected chi connectivity index (χ3v) is 3.99. The number of hydrogen-bond donors (Lipinski definition) is 1. The second kappa shape index (κ2) is 8.03. The molecule has 2 aromatic carbocycles. The van der Waals surface area contributed by atoms with Gasteiger partial charge in [-0.15, -0.1) is 0 Å². The van der Waals surface area contributed by atoms with Crippen LogP contribution in [0.5, 0.6) is 11.5 Å². The number of methoxy groups -OCH3 is 1. The maximum atomic E-state index is 13.6. The van der Waals surface area contributed by atoms with E-state index in [0.717, 1.165) is 16.8 Å². The first-order chi connectivity index (χ1) is 13.0. The fraction of sp³-hybridized carbons (Fsp3) is 0.238. The molecule has 3 rings (SSSR count). The summed E-state index contributed by atoms with van der Waals surface area (Å²) in [7, 11) is 1.58. The lowest BCUT2D eigenvalue weighted by Crippen LogP contribution is -2.07. The second-order valence-electron chi connectivity index (χ2n) is 6.45. The zero-order valence-corrected chi connectivity index (χ0v) is 15.6. The second-order valence-corrected chi connectivity index (χ2v) is 6.45. The third kappa shape index (κ3) is 4.53. The van der Waals surface area contributed by atoms with Crippen molar-refractivity contribution in [1.82, 2.24) is 9.97 Å². The quantitative estimate of drug-likeness (QED) is 0.660. The van der Waals surface area contributed by atoms with Crippen molar-refractivity contribution >= 4 is 5.69 Å². The van der Waals surface area contributed by atoms with Crippen molar-refractivity contribution in [3.63, 3.8) is 0 Å². The molecule has 3 aromatic rings. The van der Waals surface area contributed by atoms with E-state index in [1.165, 1.54) is 18.5 Å². The highest BCUT2D eigenvalue weighted by Crippen LogP contribution is 2.31. The summed E-state index contributed by atoms with van der Waals surface area (Å²) in [5, 5.41) is 0. The molecule has 5 nitrogen and oxygen atoms in total. The number of ether oxygens (including phenoxy) is 2. The third-order valence-electron chi connectivity index (χ3n) is 3.99.